The number of hydrogen-bond donors (Lipinski definition) is 2. The molecule has 0 aliphatic rings. The number of nitrogens with zero attached hydrogens (tertiary/aromatic N) is 4. The molecule has 0 spiro atoms. The minimum Gasteiger partial charge on any atom is -0.481 e. The van der Waals surface area contributed by atoms with Gasteiger partial charge in [0.05, 0.1) is 12.5 Å². The minimum atomic E-state index is -0.913. The van der Waals surface area contributed by atoms with Crippen LogP contribution in [0.15, 0.2) is 0 Å². The molecule has 0 fully saturated rings. The first-order valence-electron chi connectivity index (χ1n) is 6.45. The summed E-state index contributed by atoms with van der Waals surface area (Å²) in [5, 5.41) is 15.6. The highest BCUT2D eigenvalue weighted by Gasteiger charge is 2.22. The number of hydrogen-bond acceptors (Lipinski definition) is 4. The monoisotopic (exact) mass is 283 g/mol. The molecule has 8 nitrogen and oxygen atoms in total. The van der Waals surface area contributed by atoms with Crippen LogP contribution in [0.25, 0.3) is 0 Å². The molecular weight excluding hydrogens is 262 g/mol. The van der Waals surface area contributed by atoms with E-state index in [1.165, 1.54) is 9.80 Å². The van der Waals surface area contributed by atoms with Crippen molar-refractivity contribution in [3.63, 3.8) is 0 Å². The van der Waals surface area contributed by atoms with Gasteiger partial charge in [-0.1, -0.05) is 6.92 Å². The first-order chi connectivity index (χ1) is 9.35. The molecule has 8 heteroatoms. The molecule has 1 unspecified atom stereocenters. The number of carboxylic acid groups (broad SMARTS) is 1. The molecule has 0 aliphatic heterocycles. The molecule has 0 aromatic carbocycles. The lowest BCUT2D eigenvalue weighted by Crippen LogP contribution is -2.43. The van der Waals surface area contributed by atoms with Gasteiger partial charge >= 0.3 is 12.0 Å². The summed E-state index contributed by atoms with van der Waals surface area (Å²) in [6.45, 7) is 6.09. The second-order valence-electron chi connectivity index (χ2n) is 4.75. The summed E-state index contributed by atoms with van der Waals surface area (Å²) in [7, 11) is 1.64. The fraction of sp³-hybridized carbons (Fsp3) is 0.667. The lowest BCUT2D eigenvalue weighted by Gasteiger charge is -2.27. The normalized spacial score (nSPS) is 12.0. The van der Waals surface area contributed by atoms with Crippen LogP contribution < -0.4 is 0 Å². The van der Waals surface area contributed by atoms with E-state index < -0.39 is 11.9 Å². The lowest BCUT2D eigenvalue weighted by molar-refractivity contribution is -0.141. The molecule has 1 rings (SSSR count). The van der Waals surface area contributed by atoms with Crippen LogP contribution in [0.5, 0.6) is 0 Å². The Balaban J connectivity index is 2.63. The number of amides is 2. The van der Waals surface area contributed by atoms with Crippen molar-refractivity contribution in [2.75, 3.05) is 20.1 Å². The maximum absolute atomic E-state index is 12.2. The standard InChI is InChI=1S/C12H21N5O3/c1-5-17(6-8(2)11(18)19)12(20)16(4)7-10-13-9(3)14-15-10/h8H,5-7H2,1-4H3,(H,18,19)(H,13,14,15). The van der Waals surface area contributed by atoms with E-state index in [1.807, 2.05) is 6.92 Å². The van der Waals surface area contributed by atoms with Gasteiger partial charge in [-0.05, 0) is 13.8 Å². The zero-order chi connectivity index (χ0) is 15.3. The highest BCUT2D eigenvalue weighted by atomic mass is 16.4. The van der Waals surface area contributed by atoms with Crippen molar-refractivity contribution in [1.29, 1.82) is 0 Å². The predicted molar refractivity (Wildman–Crippen MR) is 72.0 cm³/mol. The van der Waals surface area contributed by atoms with E-state index in [9.17, 15) is 9.59 Å². The number of carbonyl (C=O) groups excluding carboxylic acids is 1. The van der Waals surface area contributed by atoms with Crippen LogP contribution in [-0.4, -0.2) is 62.2 Å². The van der Waals surface area contributed by atoms with Crippen molar-refractivity contribution in [1.82, 2.24) is 25.0 Å². The summed E-state index contributed by atoms with van der Waals surface area (Å²) in [5.74, 6) is -0.296. The zero-order valence-electron chi connectivity index (χ0n) is 12.3. The molecule has 2 amide bonds. The molecule has 1 aromatic heterocycles. The third-order valence-corrected chi connectivity index (χ3v) is 2.92. The smallest absolute Gasteiger partial charge is 0.320 e. The second kappa shape index (κ2) is 6.88. The molecule has 1 heterocycles. The summed E-state index contributed by atoms with van der Waals surface area (Å²) < 4.78 is 0. The Morgan fingerprint density at radius 1 is 1.45 bits per heavy atom. The largest absolute Gasteiger partial charge is 0.481 e. The minimum absolute atomic E-state index is 0.183. The molecular formula is C12H21N5O3. The number of nitrogens with one attached hydrogen (secondary N) is 1. The number of aliphatic carboxylic acids is 1. The van der Waals surface area contributed by atoms with E-state index >= 15 is 0 Å². The van der Waals surface area contributed by atoms with Crippen LogP contribution in [0.1, 0.15) is 25.5 Å². The molecule has 112 valence electrons. The topological polar surface area (TPSA) is 102 Å². The molecule has 0 bridgehead atoms. The summed E-state index contributed by atoms with van der Waals surface area (Å²) in [5.41, 5.74) is 0. The first-order valence-corrected chi connectivity index (χ1v) is 6.45. The van der Waals surface area contributed by atoms with Crippen molar-refractivity contribution in [2.45, 2.75) is 27.3 Å². The Kier molecular flexibility index (Phi) is 5.48. The van der Waals surface area contributed by atoms with Gasteiger partial charge in [0.2, 0.25) is 0 Å². The fourth-order valence-corrected chi connectivity index (χ4v) is 1.73. The Hall–Kier alpha value is -2.12. The third kappa shape index (κ3) is 4.22. The summed E-state index contributed by atoms with van der Waals surface area (Å²) in [6.07, 6.45) is 0. The van der Waals surface area contributed by atoms with Gasteiger partial charge in [0, 0.05) is 20.1 Å². The number of aromatic amines is 1. The van der Waals surface area contributed by atoms with Gasteiger partial charge in [-0.15, -0.1) is 0 Å². The van der Waals surface area contributed by atoms with Crippen LogP contribution in [-0.2, 0) is 11.3 Å². The molecule has 20 heavy (non-hydrogen) atoms. The van der Waals surface area contributed by atoms with Crippen molar-refractivity contribution < 1.29 is 14.7 Å². The van der Waals surface area contributed by atoms with Gasteiger partial charge in [-0.3, -0.25) is 9.89 Å². The summed E-state index contributed by atoms with van der Waals surface area (Å²) >= 11 is 0. The van der Waals surface area contributed by atoms with Crippen molar-refractivity contribution in [3.05, 3.63) is 11.6 Å². The van der Waals surface area contributed by atoms with E-state index in [4.69, 9.17) is 5.11 Å². The average molecular weight is 283 g/mol. The highest BCUT2D eigenvalue weighted by molar-refractivity contribution is 5.75. The Morgan fingerprint density at radius 3 is 2.55 bits per heavy atom. The average Bonchev–Trinajstić information content (AvgIpc) is 2.79. The zero-order valence-corrected chi connectivity index (χ0v) is 12.3. The van der Waals surface area contributed by atoms with E-state index in [-0.39, 0.29) is 19.1 Å². The molecule has 2 N–H and O–H groups in total. The van der Waals surface area contributed by atoms with Crippen LogP contribution in [0.4, 0.5) is 4.79 Å². The molecule has 0 aliphatic carbocycles. The number of urea groups is 1. The Morgan fingerprint density at radius 2 is 2.10 bits per heavy atom. The number of H-pyrrole nitrogens is 1. The second-order valence-corrected chi connectivity index (χ2v) is 4.75. The first kappa shape index (κ1) is 15.9. The quantitative estimate of drug-likeness (QED) is 0.800. The van der Waals surface area contributed by atoms with Gasteiger partial charge < -0.3 is 14.9 Å². The van der Waals surface area contributed by atoms with Gasteiger partial charge in [0.1, 0.15) is 5.82 Å². The van der Waals surface area contributed by atoms with Crippen LogP contribution in [0, 0.1) is 12.8 Å². The van der Waals surface area contributed by atoms with Crippen molar-refractivity contribution >= 4 is 12.0 Å². The van der Waals surface area contributed by atoms with Crippen LogP contribution in [0.3, 0.4) is 0 Å². The number of carboxylic acids is 1. The SMILES string of the molecule is CCN(CC(C)C(=O)O)C(=O)N(C)Cc1n[nH]c(C)n1. The molecule has 1 aromatic rings. The van der Waals surface area contributed by atoms with E-state index in [2.05, 4.69) is 15.2 Å². The van der Waals surface area contributed by atoms with Gasteiger partial charge in [-0.25, -0.2) is 9.78 Å². The number of rotatable bonds is 6. The molecule has 0 saturated carbocycles. The number of aryl methyl sites for hydroxylation is 1. The van der Waals surface area contributed by atoms with Crippen molar-refractivity contribution in [3.8, 4) is 0 Å². The molecule has 0 saturated heterocycles. The van der Waals surface area contributed by atoms with Gasteiger partial charge in [0.15, 0.2) is 5.82 Å². The van der Waals surface area contributed by atoms with E-state index in [1.54, 1.807) is 20.9 Å². The molecule has 1 atom stereocenters. The Labute approximate surface area is 117 Å². The number of carbonyl (C=O) groups is 2. The number of aromatic nitrogens is 3. The van der Waals surface area contributed by atoms with E-state index in [0.29, 0.717) is 18.2 Å². The van der Waals surface area contributed by atoms with Crippen LogP contribution >= 0.6 is 0 Å². The fourth-order valence-electron chi connectivity index (χ4n) is 1.73. The summed E-state index contributed by atoms with van der Waals surface area (Å²) in [4.78, 5) is 30.2. The summed E-state index contributed by atoms with van der Waals surface area (Å²) in [6, 6.07) is -0.233. The van der Waals surface area contributed by atoms with Gasteiger partial charge in [0.25, 0.3) is 0 Å². The Bertz CT molecular complexity index is 473. The van der Waals surface area contributed by atoms with Gasteiger partial charge in [-0.2, -0.15) is 5.10 Å². The maximum atomic E-state index is 12.2. The predicted octanol–water partition coefficient (Wildman–Crippen LogP) is 0.708. The van der Waals surface area contributed by atoms with Crippen molar-refractivity contribution in [2.24, 2.45) is 5.92 Å². The maximum Gasteiger partial charge on any atom is 0.320 e. The van der Waals surface area contributed by atoms with Crippen LogP contribution in [0.2, 0.25) is 0 Å². The molecule has 0 radical (unpaired) electrons. The van der Waals surface area contributed by atoms with E-state index in [0.717, 1.165) is 0 Å². The third-order valence-electron chi connectivity index (χ3n) is 2.92. The lowest BCUT2D eigenvalue weighted by atomic mass is 10.2. The highest BCUT2D eigenvalue weighted by Crippen LogP contribution is 2.06.